The second-order valence-electron chi connectivity index (χ2n) is 5.09. The molecule has 0 amide bonds. The van der Waals surface area contributed by atoms with Crippen molar-refractivity contribution in [3.8, 4) is 11.3 Å². The Labute approximate surface area is 143 Å². The van der Waals surface area contributed by atoms with E-state index in [9.17, 15) is 4.39 Å². The van der Waals surface area contributed by atoms with Gasteiger partial charge >= 0.3 is 0 Å². The molecule has 2 aromatic carbocycles. The monoisotopic (exact) mass is 349 g/mol. The Morgan fingerprint density at radius 3 is 2.57 bits per heavy atom. The third-order valence-corrected chi connectivity index (χ3v) is 4.31. The largest absolute Gasteiger partial charge is 0.328 e. The topological polar surface area (TPSA) is 43.8 Å². The SMILES string of the molecule is NCc1c(-c2ccc(F)cc2Cl)ncn1Cc1ccccc1Cl. The van der Waals surface area contributed by atoms with Crippen LogP contribution >= 0.6 is 23.2 Å². The molecule has 0 fully saturated rings. The van der Waals surface area contributed by atoms with Crippen LogP contribution in [0.25, 0.3) is 11.3 Å². The van der Waals surface area contributed by atoms with E-state index >= 15 is 0 Å². The molecule has 118 valence electrons. The van der Waals surface area contributed by atoms with Crippen LogP contribution in [0.1, 0.15) is 11.3 Å². The summed E-state index contributed by atoms with van der Waals surface area (Å²) in [6.45, 7) is 0.839. The summed E-state index contributed by atoms with van der Waals surface area (Å²) in [7, 11) is 0. The summed E-state index contributed by atoms with van der Waals surface area (Å²) in [4.78, 5) is 4.41. The van der Waals surface area contributed by atoms with Crippen molar-refractivity contribution in [2.75, 3.05) is 0 Å². The Hall–Kier alpha value is -1.88. The first-order chi connectivity index (χ1) is 11.1. The predicted molar refractivity (Wildman–Crippen MR) is 91.1 cm³/mol. The van der Waals surface area contributed by atoms with E-state index < -0.39 is 0 Å². The maximum atomic E-state index is 13.2. The molecular weight excluding hydrogens is 336 g/mol. The Bertz CT molecular complexity index is 846. The number of hydrogen-bond donors (Lipinski definition) is 1. The quantitative estimate of drug-likeness (QED) is 0.753. The van der Waals surface area contributed by atoms with E-state index in [0.29, 0.717) is 27.8 Å². The summed E-state index contributed by atoms with van der Waals surface area (Å²) in [6, 6.07) is 11.8. The average Bonchev–Trinajstić information content (AvgIpc) is 2.92. The van der Waals surface area contributed by atoms with Crippen LogP contribution in [0.4, 0.5) is 4.39 Å². The van der Waals surface area contributed by atoms with Gasteiger partial charge < -0.3 is 10.3 Å². The van der Waals surface area contributed by atoms with Gasteiger partial charge in [0.15, 0.2) is 0 Å². The first-order valence-electron chi connectivity index (χ1n) is 7.03. The second kappa shape index (κ2) is 6.71. The molecule has 1 aromatic heterocycles. The van der Waals surface area contributed by atoms with E-state index in [1.54, 1.807) is 12.4 Å². The van der Waals surface area contributed by atoms with Gasteiger partial charge in [-0.3, -0.25) is 0 Å². The molecule has 3 rings (SSSR count). The molecule has 0 saturated carbocycles. The van der Waals surface area contributed by atoms with E-state index in [0.717, 1.165) is 11.3 Å². The van der Waals surface area contributed by atoms with Gasteiger partial charge in [0.25, 0.3) is 0 Å². The van der Waals surface area contributed by atoms with E-state index in [4.69, 9.17) is 28.9 Å². The molecule has 0 saturated heterocycles. The van der Waals surface area contributed by atoms with Crippen LogP contribution < -0.4 is 5.73 Å². The highest BCUT2D eigenvalue weighted by molar-refractivity contribution is 6.33. The van der Waals surface area contributed by atoms with Gasteiger partial charge in [0.1, 0.15) is 5.82 Å². The lowest BCUT2D eigenvalue weighted by molar-refractivity contribution is 0.628. The maximum Gasteiger partial charge on any atom is 0.124 e. The minimum atomic E-state index is -0.386. The third-order valence-electron chi connectivity index (χ3n) is 3.62. The van der Waals surface area contributed by atoms with Crippen LogP contribution in [-0.2, 0) is 13.1 Å². The Balaban J connectivity index is 2.02. The summed E-state index contributed by atoms with van der Waals surface area (Å²) in [5.74, 6) is -0.386. The minimum Gasteiger partial charge on any atom is -0.328 e. The number of nitrogens with zero attached hydrogens (tertiary/aromatic N) is 2. The fraction of sp³-hybridized carbons (Fsp3) is 0.118. The molecule has 2 N–H and O–H groups in total. The molecule has 23 heavy (non-hydrogen) atoms. The zero-order chi connectivity index (χ0) is 16.4. The zero-order valence-electron chi connectivity index (χ0n) is 12.1. The number of rotatable bonds is 4. The van der Waals surface area contributed by atoms with Gasteiger partial charge in [-0.1, -0.05) is 41.4 Å². The summed E-state index contributed by atoms with van der Waals surface area (Å²) < 4.78 is 15.2. The van der Waals surface area contributed by atoms with Crippen molar-refractivity contribution in [3.63, 3.8) is 0 Å². The van der Waals surface area contributed by atoms with Crippen LogP contribution in [0.2, 0.25) is 10.0 Å². The number of halogens is 3. The van der Waals surface area contributed by atoms with Crippen molar-refractivity contribution in [1.82, 2.24) is 9.55 Å². The van der Waals surface area contributed by atoms with Gasteiger partial charge in [0.05, 0.1) is 29.3 Å². The summed E-state index contributed by atoms with van der Waals surface area (Å²) in [6.07, 6.45) is 1.69. The summed E-state index contributed by atoms with van der Waals surface area (Å²) in [5.41, 5.74) is 9.00. The van der Waals surface area contributed by atoms with Gasteiger partial charge in [0, 0.05) is 17.1 Å². The highest BCUT2D eigenvalue weighted by Crippen LogP contribution is 2.30. The van der Waals surface area contributed by atoms with E-state index in [2.05, 4.69) is 4.98 Å². The molecule has 0 bridgehead atoms. The van der Waals surface area contributed by atoms with Crippen LogP contribution in [-0.4, -0.2) is 9.55 Å². The second-order valence-corrected chi connectivity index (χ2v) is 5.90. The lowest BCUT2D eigenvalue weighted by Crippen LogP contribution is -2.09. The Morgan fingerprint density at radius 2 is 1.87 bits per heavy atom. The highest BCUT2D eigenvalue weighted by Gasteiger charge is 2.15. The average molecular weight is 350 g/mol. The van der Waals surface area contributed by atoms with Gasteiger partial charge in [-0.15, -0.1) is 0 Å². The normalized spacial score (nSPS) is 11.0. The van der Waals surface area contributed by atoms with Crippen molar-refractivity contribution in [1.29, 1.82) is 0 Å². The molecule has 0 aliphatic rings. The van der Waals surface area contributed by atoms with Crippen LogP contribution in [0, 0.1) is 5.82 Å². The molecule has 0 aliphatic heterocycles. The number of nitrogens with two attached hydrogens (primary N) is 1. The van der Waals surface area contributed by atoms with Crippen molar-refractivity contribution < 1.29 is 4.39 Å². The van der Waals surface area contributed by atoms with E-state index in [1.807, 2.05) is 28.8 Å². The van der Waals surface area contributed by atoms with Crippen molar-refractivity contribution in [3.05, 3.63) is 75.9 Å². The maximum absolute atomic E-state index is 13.2. The van der Waals surface area contributed by atoms with Crippen molar-refractivity contribution in [2.45, 2.75) is 13.1 Å². The first-order valence-corrected chi connectivity index (χ1v) is 7.78. The molecule has 1 heterocycles. The smallest absolute Gasteiger partial charge is 0.124 e. The summed E-state index contributed by atoms with van der Waals surface area (Å²) in [5, 5.41) is 0.994. The molecule has 0 aliphatic carbocycles. The van der Waals surface area contributed by atoms with Crippen LogP contribution in [0.5, 0.6) is 0 Å². The fourth-order valence-corrected chi connectivity index (χ4v) is 2.93. The molecule has 0 unspecified atom stereocenters. The molecule has 3 nitrogen and oxygen atoms in total. The number of imidazole rings is 1. The lowest BCUT2D eigenvalue weighted by Gasteiger charge is -2.10. The Morgan fingerprint density at radius 1 is 1.09 bits per heavy atom. The molecule has 0 spiro atoms. The zero-order valence-corrected chi connectivity index (χ0v) is 13.7. The Kier molecular flexibility index (Phi) is 4.66. The van der Waals surface area contributed by atoms with Crippen molar-refractivity contribution in [2.24, 2.45) is 5.73 Å². The fourth-order valence-electron chi connectivity index (χ4n) is 2.47. The van der Waals surface area contributed by atoms with Gasteiger partial charge in [0.2, 0.25) is 0 Å². The third kappa shape index (κ3) is 3.24. The van der Waals surface area contributed by atoms with E-state index in [-0.39, 0.29) is 12.4 Å². The van der Waals surface area contributed by atoms with E-state index in [1.165, 1.54) is 12.1 Å². The molecule has 0 radical (unpaired) electrons. The number of aromatic nitrogens is 2. The highest BCUT2D eigenvalue weighted by atomic mass is 35.5. The first kappa shape index (κ1) is 16.0. The number of hydrogen-bond acceptors (Lipinski definition) is 2. The standard InChI is InChI=1S/C17H14Cl2FN3/c18-14-4-2-1-3-11(14)9-23-10-22-17(16(23)8-21)13-6-5-12(20)7-15(13)19/h1-7,10H,8-9,21H2. The molecule has 0 atom stereocenters. The van der Waals surface area contributed by atoms with Gasteiger partial charge in [-0.2, -0.15) is 0 Å². The van der Waals surface area contributed by atoms with Crippen LogP contribution in [0.15, 0.2) is 48.8 Å². The predicted octanol–water partition coefficient (Wildman–Crippen LogP) is 4.50. The van der Waals surface area contributed by atoms with Gasteiger partial charge in [-0.25, -0.2) is 9.37 Å². The summed E-state index contributed by atoms with van der Waals surface area (Å²) >= 11 is 12.3. The molecular formula is C17H14Cl2FN3. The molecule has 3 aromatic rings. The van der Waals surface area contributed by atoms with Crippen LogP contribution in [0.3, 0.4) is 0 Å². The minimum absolute atomic E-state index is 0.285. The lowest BCUT2D eigenvalue weighted by atomic mass is 10.1. The van der Waals surface area contributed by atoms with Gasteiger partial charge in [-0.05, 0) is 29.8 Å². The molecule has 6 heteroatoms. The number of benzene rings is 2. The van der Waals surface area contributed by atoms with Crippen molar-refractivity contribution >= 4 is 23.2 Å².